The molecule has 0 heterocycles. The molecule has 1 aromatic rings. The highest BCUT2D eigenvalue weighted by atomic mass is 19.4. The van der Waals surface area contributed by atoms with Crippen LogP contribution >= 0.6 is 0 Å². The first kappa shape index (κ1) is 14.2. The molecule has 18 heavy (non-hydrogen) atoms. The fraction of sp³-hybridized carbons (Fsp3) is 0.400. The summed E-state index contributed by atoms with van der Waals surface area (Å²) in [4.78, 5) is 9.68. The molecule has 1 aromatic carbocycles. The van der Waals surface area contributed by atoms with Crippen molar-refractivity contribution in [3.05, 3.63) is 33.9 Å². The van der Waals surface area contributed by atoms with Crippen molar-refractivity contribution in [2.24, 2.45) is 0 Å². The molecule has 0 aliphatic rings. The second kappa shape index (κ2) is 5.21. The third-order valence-electron chi connectivity index (χ3n) is 1.96. The maximum absolute atomic E-state index is 12.4. The zero-order valence-electron chi connectivity index (χ0n) is 9.27. The zero-order chi connectivity index (χ0) is 13.9. The first-order chi connectivity index (χ1) is 8.21. The average Bonchev–Trinajstić information content (AvgIpc) is 2.24. The smallest absolute Gasteiger partial charge is 0.416 e. The van der Waals surface area contributed by atoms with Crippen LogP contribution in [0, 0.1) is 10.1 Å². The monoisotopic (exact) mass is 265 g/mol. The molecule has 0 saturated carbocycles. The van der Waals surface area contributed by atoms with E-state index in [0.717, 1.165) is 6.07 Å². The Labute approximate surface area is 99.9 Å². The van der Waals surface area contributed by atoms with Crippen molar-refractivity contribution in [2.75, 3.05) is 6.61 Å². The van der Waals surface area contributed by atoms with E-state index in [2.05, 4.69) is 0 Å². The Kier molecular flexibility index (Phi) is 4.12. The molecule has 1 atom stereocenters. The highest BCUT2D eigenvalue weighted by Crippen LogP contribution is 2.35. The van der Waals surface area contributed by atoms with Gasteiger partial charge in [0.05, 0.1) is 16.6 Å². The van der Waals surface area contributed by atoms with E-state index in [0.29, 0.717) is 12.1 Å². The van der Waals surface area contributed by atoms with E-state index in [9.17, 15) is 23.3 Å². The maximum atomic E-state index is 12.4. The van der Waals surface area contributed by atoms with E-state index in [1.807, 2.05) is 0 Å². The number of nitro groups is 1. The Balaban J connectivity index is 3.09. The van der Waals surface area contributed by atoms with E-state index >= 15 is 0 Å². The zero-order valence-corrected chi connectivity index (χ0v) is 9.27. The lowest BCUT2D eigenvalue weighted by atomic mass is 10.2. The molecular weight excluding hydrogens is 255 g/mol. The number of benzene rings is 1. The molecule has 0 aliphatic heterocycles. The Morgan fingerprint density at radius 2 is 2.11 bits per heavy atom. The van der Waals surface area contributed by atoms with Crippen LogP contribution in [0.2, 0.25) is 0 Å². The number of nitro benzene ring substituents is 1. The lowest BCUT2D eigenvalue weighted by Gasteiger charge is -2.11. The van der Waals surface area contributed by atoms with Gasteiger partial charge in [-0.05, 0) is 19.1 Å². The topological polar surface area (TPSA) is 72.6 Å². The molecule has 5 nitrogen and oxygen atoms in total. The number of nitrogens with zero attached hydrogens (tertiary/aromatic N) is 1. The van der Waals surface area contributed by atoms with Gasteiger partial charge in [-0.15, -0.1) is 0 Å². The second-order valence-electron chi connectivity index (χ2n) is 3.60. The number of rotatable bonds is 4. The van der Waals surface area contributed by atoms with E-state index in [1.54, 1.807) is 0 Å². The molecule has 0 aliphatic carbocycles. The largest absolute Gasteiger partial charge is 0.484 e. The minimum atomic E-state index is -4.66. The van der Waals surface area contributed by atoms with Gasteiger partial charge in [0, 0.05) is 6.07 Å². The molecule has 8 heteroatoms. The molecule has 1 rings (SSSR count). The highest BCUT2D eigenvalue weighted by molar-refractivity contribution is 5.49. The van der Waals surface area contributed by atoms with Crippen LogP contribution in [-0.2, 0) is 6.18 Å². The van der Waals surface area contributed by atoms with Crippen LogP contribution in [0.5, 0.6) is 5.75 Å². The molecule has 0 fully saturated rings. The van der Waals surface area contributed by atoms with Crippen LogP contribution in [0.1, 0.15) is 12.5 Å². The van der Waals surface area contributed by atoms with Gasteiger partial charge in [0.25, 0.3) is 0 Å². The van der Waals surface area contributed by atoms with Crippen LogP contribution in [0.15, 0.2) is 18.2 Å². The first-order valence-electron chi connectivity index (χ1n) is 4.88. The van der Waals surface area contributed by atoms with Crippen molar-refractivity contribution >= 4 is 5.69 Å². The van der Waals surface area contributed by atoms with Crippen LogP contribution in [-0.4, -0.2) is 22.7 Å². The standard InChI is InChI=1S/C10H10F3NO4/c1-6(15)5-18-9-3-2-7(10(11,12)13)4-8(9)14(16)17/h2-4,6,15H,5H2,1H3. The van der Waals surface area contributed by atoms with Gasteiger partial charge in [-0.25, -0.2) is 0 Å². The fourth-order valence-electron chi connectivity index (χ4n) is 1.17. The number of hydrogen-bond acceptors (Lipinski definition) is 4. The fourth-order valence-corrected chi connectivity index (χ4v) is 1.17. The maximum Gasteiger partial charge on any atom is 0.416 e. The van der Waals surface area contributed by atoms with Gasteiger partial charge in [-0.2, -0.15) is 13.2 Å². The normalized spacial score (nSPS) is 13.2. The summed E-state index contributed by atoms with van der Waals surface area (Å²) >= 11 is 0. The number of alkyl halides is 3. The van der Waals surface area contributed by atoms with E-state index in [1.165, 1.54) is 6.92 Å². The summed E-state index contributed by atoms with van der Waals surface area (Å²) in [6.45, 7) is 1.14. The Morgan fingerprint density at radius 1 is 1.50 bits per heavy atom. The van der Waals surface area contributed by atoms with Crippen molar-refractivity contribution in [2.45, 2.75) is 19.2 Å². The van der Waals surface area contributed by atoms with Crippen LogP contribution in [0.4, 0.5) is 18.9 Å². The summed E-state index contributed by atoms with van der Waals surface area (Å²) in [5.41, 5.74) is -1.91. The molecule has 0 aromatic heterocycles. The molecule has 1 N–H and O–H groups in total. The molecule has 1 unspecified atom stereocenters. The molecular formula is C10H10F3NO4. The number of halogens is 3. The Morgan fingerprint density at radius 3 is 2.56 bits per heavy atom. The summed E-state index contributed by atoms with van der Waals surface area (Å²) in [6.07, 6.45) is -5.54. The van der Waals surface area contributed by atoms with E-state index in [4.69, 9.17) is 9.84 Å². The van der Waals surface area contributed by atoms with Crippen molar-refractivity contribution in [3.8, 4) is 5.75 Å². The van der Waals surface area contributed by atoms with Crippen molar-refractivity contribution < 1.29 is 27.9 Å². The lowest BCUT2D eigenvalue weighted by molar-refractivity contribution is -0.386. The van der Waals surface area contributed by atoms with Crippen LogP contribution in [0.25, 0.3) is 0 Å². The molecule has 0 radical (unpaired) electrons. The summed E-state index contributed by atoms with van der Waals surface area (Å²) in [5.74, 6) is -0.311. The Bertz CT molecular complexity index is 445. The molecule has 0 saturated heterocycles. The predicted molar refractivity (Wildman–Crippen MR) is 55.3 cm³/mol. The van der Waals surface area contributed by atoms with Crippen LogP contribution in [0.3, 0.4) is 0 Å². The summed E-state index contributed by atoms with van der Waals surface area (Å²) in [5, 5.41) is 19.6. The minimum Gasteiger partial charge on any atom is -0.484 e. The second-order valence-corrected chi connectivity index (χ2v) is 3.60. The summed E-state index contributed by atoms with van der Waals surface area (Å²) in [7, 11) is 0. The number of aliphatic hydroxyl groups excluding tert-OH is 1. The van der Waals surface area contributed by atoms with Crippen LogP contribution < -0.4 is 4.74 Å². The predicted octanol–water partition coefficient (Wildman–Crippen LogP) is 2.37. The van der Waals surface area contributed by atoms with Crippen molar-refractivity contribution in [1.82, 2.24) is 0 Å². The quantitative estimate of drug-likeness (QED) is 0.670. The Hall–Kier alpha value is -1.83. The lowest BCUT2D eigenvalue weighted by Crippen LogP contribution is -2.14. The average molecular weight is 265 g/mol. The first-order valence-corrected chi connectivity index (χ1v) is 4.88. The van der Waals surface area contributed by atoms with Crippen molar-refractivity contribution in [1.29, 1.82) is 0 Å². The molecule has 100 valence electrons. The molecule has 0 amide bonds. The number of hydrogen-bond donors (Lipinski definition) is 1. The van der Waals surface area contributed by atoms with Gasteiger partial charge < -0.3 is 9.84 Å². The third-order valence-corrected chi connectivity index (χ3v) is 1.96. The SMILES string of the molecule is CC(O)COc1ccc(C(F)(F)F)cc1[N+](=O)[O-]. The van der Waals surface area contributed by atoms with Gasteiger partial charge >= 0.3 is 11.9 Å². The van der Waals surface area contributed by atoms with Gasteiger partial charge in [0.15, 0.2) is 5.75 Å². The number of ether oxygens (including phenoxy) is 1. The van der Waals surface area contributed by atoms with Gasteiger partial charge in [0.2, 0.25) is 0 Å². The molecule has 0 bridgehead atoms. The summed E-state index contributed by atoms with van der Waals surface area (Å²) in [6, 6.07) is 1.95. The molecule has 0 spiro atoms. The van der Waals surface area contributed by atoms with Gasteiger partial charge in [-0.1, -0.05) is 0 Å². The van der Waals surface area contributed by atoms with Gasteiger partial charge in [0.1, 0.15) is 6.61 Å². The third kappa shape index (κ3) is 3.59. The van der Waals surface area contributed by atoms with Crippen molar-refractivity contribution in [3.63, 3.8) is 0 Å². The van der Waals surface area contributed by atoms with E-state index < -0.39 is 28.5 Å². The summed E-state index contributed by atoms with van der Waals surface area (Å²) < 4.78 is 42.0. The minimum absolute atomic E-state index is 0.244. The highest BCUT2D eigenvalue weighted by Gasteiger charge is 2.33. The number of aliphatic hydroxyl groups is 1. The van der Waals surface area contributed by atoms with Gasteiger partial charge in [-0.3, -0.25) is 10.1 Å². The van der Waals surface area contributed by atoms with E-state index in [-0.39, 0.29) is 12.4 Å².